The topological polar surface area (TPSA) is 38.1 Å². The lowest BCUT2D eigenvalue weighted by atomic mass is 10.3. The Labute approximate surface area is 86.7 Å². The molecule has 3 nitrogen and oxygen atoms in total. The fourth-order valence-electron chi connectivity index (χ4n) is 1.23. The van der Waals surface area contributed by atoms with E-state index in [2.05, 4.69) is 28.0 Å². The van der Waals surface area contributed by atoms with E-state index < -0.39 is 0 Å². The Morgan fingerprint density at radius 1 is 1.50 bits per heavy atom. The Morgan fingerprint density at radius 2 is 2.43 bits per heavy atom. The molecule has 2 aromatic heterocycles. The van der Waals surface area contributed by atoms with Crippen molar-refractivity contribution in [3.63, 3.8) is 0 Å². The van der Waals surface area contributed by atoms with Crippen molar-refractivity contribution in [1.82, 2.24) is 10.5 Å². The molecule has 74 valence electrons. The number of thiophene rings is 1. The maximum Gasteiger partial charge on any atom is 0.133 e. The van der Waals surface area contributed by atoms with E-state index in [9.17, 15) is 0 Å². The predicted octanol–water partition coefficient (Wildman–Crippen LogP) is 2.33. The molecule has 0 aliphatic rings. The van der Waals surface area contributed by atoms with Crippen LogP contribution in [0.3, 0.4) is 0 Å². The average molecular weight is 208 g/mol. The second kappa shape index (κ2) is 4.39. The van der Waals surface area contributed by atoms with E-state index in [1.165, 1.54) is 4.88 Å². The summed E-state index contributed by atoms with van der Waals surface area (Å²) in [5.41, 5.74) is 0.957. The Hall–Kier alpha value is -1.13. The molecule has 0 spiro atoms. The van der Waals surface area contributed by atoms with Crippen LogP contribution in [0.5, 0.6) is 0 Å². The van der Waals surface area contributed by atoms with Crippen LogP contribution >= 0.6 is 11.3 Å². The van der Waals surface area contributed by atoms with Gasteiger partial charge in [-0.3, -0.25) is 0 Å². The molecule has 0 bridgehead atoms. The van der Waals surface area contributed by atoms with Crippen LogP contribution in [0.2, 0.25) is 0 Å². The lowest BCUT2D eigenvalue weighted by Crippen LogP contribution is -2.11. The summed E-state index contributed by atoms with van der Waals surface area (Å²) in [5, 5.41) is 9.29. The number of nitrogens with one attached hydrogen (secondary N) is 1. The highest BCUT2D eigenvalue weighted by Gasteiger charge is 1.99. The predicted molar refractivity (Wildman–Crippen MR) is 56.1 cm³/mol. The minimum atomic E-state index is 0.759. The molecule has 0 aliphatic heterocycles. The summed E-state index contributed by atoms with van der Waals surface area (Å²) in [6.07, 6.45) is 0. The second-order valence-electron chi connectivity index (χ2n) is 3.11. The summed E-state index contributed by atoms with van der Waals surface area (Å²) in [6, 6.07) is 6.12. The quantitative estimate of drug-likeness (QED) is 0.838. The molecule has 14 heavy (non-hydrogen) atoms. The van der Waals surface area contributed by atoms with Crippen molar-refractivity contribution in [2.45, 2.75) is 20.0 Å². The normalized spacial score (nSPS) is 10.6. The summed E-state index contributed by atoms with van der Waals surface area (Å²) < 4.78 is 4.96. The number of aromatic nitrogens is 1. The first-order chi connectivity index (χ1) is 6.84. The first-order valence-electron chi connectivity index (χ1n) is 4.50. The smallest absolute Gasteiger partial charge is 0.133 e. The van der Waals surface area contributed by atoms with Crippen LogP contribution in [0.4, 0.5) is 0 Å². The van der Waals surface area contributed by atoms with E-state index in [1.54, 1.807) is 11.3 Å². The molecule has 0 saturated heterocycles. The minimum absolute atomic E-state index is 0.759. The molecule has 0 aliphatic carbocycles. The average Bonchev–Trinajstić information content (AvgIpc) is 2.77. The molecule has 1 N–H and O–H groups in total. The number of nitrogens with zero attached hydrogens (tertiary/aromatic N) is 1. The van der Waals surface area contributed by atoms with Crippen molar-refractivity contribution in [2.75, 3.05) is 0 Å². The van der Waals surface area contributed by atoms with Crippen LogP contribution in [-0.4, -0.2) is 5.16 Å². The Balaban J connectivity index is 1.78. The van der Waals surface area contributed by atoms with Gasteiger partial charge in [-0.1, -0.05) is 11.2 Å². The van der Waals surface area contributed by atoms with Gasteiger partial charge < -0.3 is 9.84 Å². The summed E-state index contributed by atoms with van der Waals surface area (Å²) in [4.78, 5) is 1.34. The summed E-state index contributed by atoms with van der Waals surface area (Å²) in [6.45, 7) is 3.55. The van der Waals surface area contributed by atoms with Crippen LogP contribution in [0.15, 0.2) is 28.1 Å². The molecule has 0 saturated carbocycles. The van der Waals surface area contributed by atoms with E-state index in [-0.39, 0.29) is 0 Å². The first kappa shape index (κ1) is 9.43. The van der Waals surface area contributed by atoms with E-state index in [1.807, 2.05) is 13.0 Å². The Bertz CT molecular complexity index is 380. The first-order valence-corrected chi connectivity index (χ1v) is 5.38. The van der Waals surface area contributed by atoms with E-state index in [0.29, 0.717) is 0 Å². The number of hydrogen-bond acceptors (Lipinski definition) is 4. The van der Waals surface area contributed by atoms with Gasteiger partial charge in [0, 0.05) is 24.0 Å². The lowest BCUT2D eigenvalue weighted by Gasteiger charge is -1.98. The van der Waals surface area contributed by atoms with Crippen molar-refractivity contribution in [3.05, 3.63) is 39.9 Å². The number of aryl methyl sites for hydroxylation is 1. The molecule has 0 fully saturated rings. The highest BCUT2D eigenvalue weighted by Crippen LogP contribution is 2.08. The standard InChI is InChI=1S/C10H12N2OS/c1-8-5-9(12-13-8)6-11-7-10-3-2-4-14-10/h2-5,11H,6-7H2,1H3. The summed E-state index contributed by atoms with van der Waals surface area (Å²) >= 11 is 1.76. The highest BCUT2D eigenvalue weighted by molar-refractivity contribution is 7.09. The molecule has 2 aromatic rings. The van der Waals surface area contributed by atoms with E-state index >= 15 is 0 Å². The fraction of sp³-hybridized carbons (Fsp3) is 0.300. The van der Waals surface area contributed by atoms with Gasteiger partial charge in [-0.2, -0.15) is 0 Å². The van der Waals surface area contributed by atoms with Gasteiger partial charge in [0.1, 0.15) is 5.76 Å². The zero-order valence-corrected chi connectivity index (χ0v) is 8.80. The van der Waals surface area contributed by atoms with Crippen LogP contribution in [-0.2, 0) is 13.1 Å². The van der Waals surface area contributed by atoms with Gasteiger partial charge in [-0.25, -0.2) is 0 Å². The molecule has 2 rings (SSSR count). The van der Waals surface area contributed by atoms with Crippen LogP contribution in [0.1, 0.15) is 16.3 Å². The number of rotatable bonds is 4. The van der Waals surface area contributed by atoms with Gasteiger partial charge in [-0.05, 0) is 18.4 Å². The van der Waals surface area contributed by atoms with E-state index in [4.69, 9.17) is 4.52 Å². The van der Waals surface area contributed by atoms with Crippen LogP contribution in [0.25, 0.3) is 0 Å². The third-order valence-corrected chi connectivity index (χ3v) is 2.74. The van der Waals surface area contributed by atoms with Crippen molar-refractivity contribution in [1.29, 1.82) is 0 Å². The largest absolute Gasteiger partial charge is 0.361 e. The second-order valence-corrected chi connectivity index (χ2v) is 4.14. The zero-order chi connectivity index (χ0) is 9.80. The molecule has 0 aromatic carbocycles. The molecular formula is C10H12N2OS. The molecular weight excluding hydrogens is 196 g/mol. The molecule has 0 radical (unpaired) electrons. The van der Waals surface area contributed by atoms with Crippen LogP contribution < -0.4 is 5.32 Å². The number of hydrogen-bond donors (Lipinski definition) is 1. The van der Waals surface area contributed by atoms with Crippen molar-refractivity contribution in [3.8, 4) is 0 Å². The molecule has 4 heteroatoms. The maximum absolute atomic E-state index is 4.96. The van der Waals surface area contributed by atoms with Gasteiger partial charge in [0.25, 0.3) is 0 Å². The lowest BCUT2D eigenvalue weighted by molar-refractivity contribution is 0.388. The molecule has 0 unspecified atom stereocenters. The maximum atomic E-state index is 4.96. The van der Waals surface area contributed by atoms with Crippen molar-refractivity contribution in [2.24, 2.45) is 0 Å². The SMILES string of the molecule is Cc1cc(CNCc2cccs2)no1. The Morgan fingerprint density at radius 3 is 3.07 bits per heavy atom. The van der Waals surface area contributed by atoms with Crippen LogP contribution in [0, 0.1) is 6.92 Å². The third-order valence-electron chi connectivity index (χ3n) is 1.86. The highest BCUT2D eigenvalue weighted by atomic mass is 32.1. The molecule has 0 atom stereocenters. The Kier molecular flexibility index (Phi) is 2.96. The fourth-order valence-corrected chi connectivity index (χ4v) is 1.90. The van der Waals surface area contributed by atoms with Gasteiger partial charge in [0.2, 0.25) is 0 Å². The third kappa shape index (κ3) is 2.43. The minimum Gasteiger partial charge on any atom is -0.361 e. The van der Waals surface area contributed by atoms with Crippen molar-refractivity contribution >= 4 is 11.3 Å². The van der Waals surface area contributed by atoms with Crippen molar-refractivity contribution < 1.29 is 4.52 Å². The van der Waals surface area contributed by atoms with Gasteiger partial charge in [0.05, 0.1) is 5.69 Å². The van der Waals surface area contributed by atoms with E-state index in [0.717, 1.165) is 24.5 Å². The monoisotopic (exact) mass is 208 g/mol. The summed E-state index contributed by atoms with van der Waals surface area (Å²) in [5.74, 6) is 0.859. The molecule has 0 amide bonds. The zero-order valence-electron chi connectivity index (χ0n) is 7.99. The summed E-state index contributed by atoms with van der Waals surface area (Å²) in [7, 11) is 0. The molecule has 2 heterocycles. The van der Waals surface area contributed by atoms with Gasteiger partial charge >= 0.3 is 0 Å². The van der Waals surface area contributed by atoms with Gasteiger partial charge in [-0.15, -0.1) is 11.3 Å². The van der Waals surface area contributed by atoms with Gasteiger partial charge in [0.15, 0.2) is 0 Å².